The molecule has 1 spiro atoms. The molecule has 316 valence electrons. The van der Waals surface area contributed by atoms with Crippen molar-refractivity contribution < 1.29 is 66.8 Å². The van der Waals surface area contributed by atoms with Crippen LogP contribution in [-0.4, -0.2) is 134 Å². The van der Waals surface area contributed by atoms with Crippen LogP contribution in [0, 0.1) is 0 Å². The summed E-state index contributed by atoms with van der Waals surface area (Å²) < 4.78 is 20.0. The molecule has 1 unspecified atom stereocenters. The molecule has 0 aliphatic carbocycles. The van der Waals surface area contributed by atoms with E-state index in [-0.39, 0.29) is 78.4 Å². The number of aliphatic imine (C=N–C) groups is 1. The second kappa shape index (κ2) is 26.3. The summed E-state index contributed by atoms with van der Waals surface area (Å²) in [6, 6.07) is -3.07. The molecule has 0 saturated carbocycles. The zero-order chi connectivity index (χ0) is 41.9. The number of carbonyl (C=O) groups is 7. The molecule has 2 rings (SSSR count). The zero-order valence-corrected chi connectivity index (χ0v) is 32.7. The Bertz CT molecular complexity index is 1430. The SMILES string of the molecule is C=CCOOC=NCCCCCN1C(=O)N(CCCCCNC(=O)OCC=C)C(=O)[N+]2(CCCCCNC(=O)OC2(CC(=O)OCC=C)CC(=O)OCC=C)C1=O. The Morgan fingerprint density at radius 2 is 1.35 bits per heavy atom. The molecular weight excluding hydrogens is 748 g/mol. The van der Waals surface area contributed by atoms with Gasteiger partial charge in [0.1, 0.15) is 45.8 Å². The van der Waals surface area contributed by atoms with E-state index in [1.165, 1.54) is 24.3 Å². The van der Waals surface area contributed by atoms with E-state index < -0.39 is 65.3 Å². The molecule has 0 aromatic heterocycles. The molecule has 8 amide bonds. The number of unbranched alkanes of at least 4 members (excludes halogenated alkanes) is 4. The number of ether oxygens (including phenoxy) is 4. The first-order valence-electron chi connectivity index (χ1n) is 19.0. The Balaban J connectivity index is 2.59. The van der Waals surface area contributed by atoms with Crippen LogP contribution in [0.3, 0.4) is 0 Å². The molecule has 0 bridgehead atoms. The minimum atomic E-state index is -2.57. The number of urea groups is 3. The van der Waals surface area contributed by atoms with Gasteiger partial charge in [-0.05, 0) is 57.8 Å². The molecule has 2 heterocycles. The van der Waals surface area contributed by atoms with Crippen LogP contribution in [0.15, 0.2) is 55.6 Å². The van der Waals surface area contributed by atoms with Crippen LogP contribution < -0.4 is 10.6 Å². The van der Waals surface area contributed by atoms with Crippen molar-refractivity contribution >= 4 is 48.6 Å². The smallest absolute Gasteiger partial charge is 0.439 e. The summed E-state index contributed by atoms with van der Waals surface area (Å²) in [7, 11) is 0. The average Bonchev–Trinajstić information content (AvgIpc) is 3.18. The molecule has 2 N–H and O–H groups in total. The number of imide groups is 3. The Hall–Kier alpha value is -5.56. The standard InChI is InChI=1S/C38H56N6O13/c1-5-24-52-31(45)28-38(29-32(46)53-25-6-2)44(23-17-11-14-20-41-34(48)57-38)36(50)42(21-15-9-12-18-39-30-56-55-27-8-4)35(49)43(37(44)51)22-16-10-13-19-40-33(47)54-26-7-3/h5-8,30H,1-4,9-29H2,(H-,40,41,47,48)/p+1. The highest BCUT2D eigenvalue weighted by Gasteiger charge is 2.72. The summed E-state index contributed by atoms with van der Waals surface area (Å²) in [6.45, 7) is 13.8. The maximum absolute atomic E-state index is 15.1. The van der Waals surface area contributed by atoms with E-state index >= 15 is 9.59 Å². The van der Waals surface area contributed by atoms with E-state index in [2.05, 4.69) is 41.9 Å². The van der Waals surface area contributed by atoms with Gasteiger partial charge in [-0.15, -0.1) is 11.1 Å². The third kappa shape index (κ3) is 14.8. The molecule has 2 aliphatic heterocycles. The van der Waals surface area contributed by atoms with Crippen LogP contribution in [0.1, 0.15) is 70.6 Å². The molecule has 2 fully saturated rings. The van der Waals surface area contributed by atoms with Crippen LogP contribution in [0.5, 0.6) is 0 Å². The van der Waals surface area contributed by atoms with Gasteiger partial charge in [-0.1, -0.05) is 44.0 Å². The molecule has 19 nitrogen and oxygen atoms in total. The Morgan fingerprint density at radius 3 is 1.95 bits per heavy atom. The first-order valence-corrected chi connectivity index (χ1v) is 19.0. The van der Waals surface area contributed by atoms with Gasteiger partial charge in [-0.3, -0.25) is 14.6 Å². The number of alkyl carbamates (subject to hydrolysis) is 2. The van der Waals surface area contributed by atoms with E-state index in [1.54, 1.807) is 0 Å². The summed E-state index contributed by atoms with van der Waals surface area (Å²) in [6.07, 6.45) is 6.60. The summed E-state index contributed by atoms with van der Waals surface area (Å²) in [5, 5.41) is 5.17. The van der Waals surface area contributed by atoms with Crippen molar-refractivity contribution in [2.45, 2.75) is 76.4 Å². The number of esters is 2. The van der Waals surface area contributed by atoms with Crippen molar-refractivity contribution in [3.63, 3.8) is 0 Å². The number of hydrogen-bond donors (Lipinski definition) is 2. The van der Waals surface area contributed by atoms with Gasteiger partial charge in [-0.25, -0.2) is 33.8 Å². The first-order chi connectivity index (χ1) is 27.5. The van der Waals surface area contributed by atoms with E-state index in [0.29, 0.717) is 45.1 Å². The van der Waals surface area contributed by atoms with Gasteiger partial charge in [0.15, 0.2) is 0 Å². The lowest BCUT2D eigenvalue weighted by Crippen LogP contribution is -2.82. The maximum Gasteiger partial charge on any atom is 0.439 e. The Morgan fingerprint density at radius 1 is 0.772 bits per heavy atom. The normalized spacial score (nSPS) is 18.2. The number of nitrogens with zero attached hydrogens (tertiary/aromatic N) is 4. The quantitative estimate of drug-likeness (QED) is 0.0135. The molecule has 2 saturated heterocycles. The van der Waals surface area contributed by atoms with E-state index in [4.69, 9.17) is 28.7 Å². The number of cyclic esters (lactones) is 1. The second-order valence-corrected chi connectivity index (χ2v) is 12.9. The Labute approximate surface area is 333 Å². The van der Waals surface area contributed by atoms with Crippen molar-refractivity contribution in [3.8, 4) is 0 Å². The minimum Gasteiger partial charge on any atom is -0.461 e. The van der Waals surface area contributed by atoms with Crippen LogP contribution in [0.4, 0.5) is 24.0 Å². The molecule has 2 aliphatic rings. The highest BCUT2D eigenvalue weighted by Crippen LogP contribution is 2.42. The fourth-order valence-corrected chi connectivity index (χ4v) is 6.12. The van der Waals surface area contributed by atoms with Crippen molar-refractivity contribution in [3.05, 3.63) is 50.6 Å². The largest absolute Gasteiger partial charge is 0.461 e. The third-order valence-corrected chi connectivity index (χ3v) is 8.76. The van der Waals surface area contributed by atoms with Crippen molar-refractivity contribution in [2.24, 2.45) is 4.99 Å². The van der Waals surface area contributed by atoms with Crippen molar-refractivity contribution in [1.82, 2.24) is 20.4 Å². The number of quaternary nitrogens is 1. The van der Waals surface area contributed by atoms with Gasteiger partial charge in [0.25, 0.3) is 5.72 Å². The van der Waals surface area contributed by atoms with Crippen molar-refractivity contribution in [1.29, 1.82) is 0 Å². The highest BCUT2D eigenvalue weighted by atomic mass is 17.2. The summed E-state index contributed by atoms with van der Waals surface area (Å²) in [4.78, 5) is 112. The molecule has 0 aromatic rings. The number of nitrogens with one attached hydrogen (secondary N) is 2. The van der Waals surface area contributed by atoms with Gasteiger partial charge in [0.2, 0.25) is 6.40 Å². The van der Waals surface area contributed by atoms with Gasteiger partial charge in [-0.2, -0.15) is 4.89 Å². The van der Waals surface area contributed by atoms with E-state index in [0.717, 1.165) is 16.2 Å². The number of hydrogen-bond acceptors (Lipinski definition) is 14. The summed E-state index contributed by atoms with van der Waals surface area (Å²) >= 11 is 0. The zero-order valence-electron chi connectivity index (χ0n) is 32.7. The highest BCUT2D eigenvalue weighted by molar-refractivity contribution is 6.06. The number of carbonyl (C=O) groups excluding carboxylic acids is 7. The molecule has 1 atom stereocenters. The molecule has 0 radical (unpaired) electrons. The predicted octanol–water partition coefficient (Wildman–Crippen LogP) is 5.04. The van der Waals surface area contributed by atoms with Crippen LogP contribution in [0.25, 0.3) is 0 Å². The fourth-order valence-electron chi connectivity index (χ4n) is 6.12. The average molecular weight is 806 g/mol. The number of rotatable bonds is 26. The summed E-state index contributed by atoms with van der Waals surface area (Å²) in [5.74, 6) is -2.02. The lowest BCUT2D eigenvalue weighted by Gasteiger charge is -2.51. The van der Waals surface area contributed by atoms with Gasteiger partial charge >= 0.3 is 42.2 Å². The molecule has 57 heavy (non-hydrogen) atoms. The number of amides is 8. The molecule has 19 heteroatoms. The lowest BCUT2D eigenvalue weighted by molar-refractivity contribution is -0.862. The summed E-state index contributed by atoms with van der Waals surface area (Å²) in [5.41, 5.74) is -2.57. The van der Waals surface area contributed by atoms with E-state index in [1.807, 2.05) is 0 Å². The second-order valence-electron chi connectivity index (χ2n) is 12.9. The minimum absolute atomic E-state index is 0.0415. The molecule has 0 aromatic carbocycles. The first kappa shape index (κ1) is 47.6. The van der Waals surface area contributed by atoms with Crippen LogP contribution >= 0.6 is 0 Å². The van der Waals surface area contributed by atoms with Gasteiger partial charge < -0.3 is 34.5 Å². The van der Waals surface area contributed by atoms with Gasteiger partial charge in [0, 0.05) is 32.7 Å². The topological polar surface area (TPSA) is 218 Å². The predicted molar refractivity (Wildman–Crippen MR) is 205 cm³/mol. The van der Waals surface area contributed by atoms with Crippen LogP contribution in [-0.2, 0) is 38.3 Å². The lowest BCUT2D eigenvalue weighted by atomic mass is 9.96. The fraction of sp³-hybridized carbons (Fsp3) is 0.579. The maximum atomic E-state index is 15.1. The van der Waals surface area contributed by atoms with E-state index in [9.17, 15) is 24.0 Å². The van der Waals surface area contributed by atoms with Crippen molar-refractivity contribution in [2.75, 3.05) is 65.7 Å². The third-order valence-electron chi connectivity index (χ3n) is 8.76. The van der Waals surface area contributed by atoms with Gasteiger partial charge in [0.05, 0.1) is 0 Å². The van der Waals surface area contributed by atoms with Crippen LogP contribution in [0.2, 0.25) is 0 Å². The monoisotopic (exact) mass is 805 g/mol. The molecular formula is C38H57N6O13+. The Kier molecular flexibility index (Phi) is 22.0.